The highest BCUT2D eigenvalue weighted by molar-refractivity contribution is 6.00. The molecule has 0 saturated carbocycles. The number of para-hydroxylation sites is 1. The molecule has 23 heavy (non-hydrogen) atoms. The van der Waals surface area contributed by atoms with Crippen LogP contribution in [0.3, 0.4) is 0 Å². The van der Waals surface area contributed by atoms with Gasteiger partial charge in [-0.2, -0.15) is 0 Å². The van der Waals surface area contributed by atoms with Gasteiger partial charge in [0.1, 0.15) is 5.75 Å². The number of hydrogen-bond acceptors (Lipinski definition) is 3. The van der Waals surface area contributed by atoms with Crippen LogP contribution in [-0.2, 0) is 4.79 Å². The predicted octanol–water partition coefficient (Wildman–Crippen LogP) is 4.28. The van der Waals surface area contributed by atoms with Gasteiger partial charge in [0.15, 0.2) is 0 Å². The Morgan fingerprint density at radius 3 is 2.57 bits per heavy atom. The molecule has 1 amide bonds. The smallest absolute Gasteiger partial charge is 0.226 e. The SMILES string of the molecule is CC(C)Oc1ccc(-c2cccc3c2N[C@H](C)CC(=O)N3)cc1. The number of rotatable bonds is 3. The lowest BCUT2D eigenvalue weighted by atomic mass is 10.0. The minimum Gasteiger partial charge on any atom is -0.491 e. The lowest BCUT2D eigenvalue weighted by molar-refractivity contribution is -0.116. The molecule has 0 aromatic heterocycles. The van der Waals surface area contributed by atoms with E-state index in [1.807, 2.05) is 57.2 Å². The van der Waals surface area contributed by atoms with E-state index in [-0.39, 0.29) is 18.1 Å². The van der Waals surface area contributed by atoms with Gasteiger partial charge in [0.25, 0.3) is 0 Å². The zero-order chi connectivity index (χ0) is 16.4. The number of hydrogen-bond donors (Lipinski definition) is 2. The van der Waals surface area contributed by atoms with Gasteiger partial charge in [0, 0.05) is 18.0 Å². The summed E-state index contributed by atoms with van der Waals surface area (Å²) in [5.74, 6) is 0.905. The summed E-state index contributed by atoms with van der Waals surface area (Å²) < 4.78 is 5.70. The minimum atomic E-state index is 0.0431. The van der Waals surface area contributed by atoms with Crippen LogP contribution in [0.5, 0.6) is 5.75 Å². The predicted molar refractivity (Wildman–Crippen MR) is 94.0 cm³/mol. The number of anilines is 2. The van der Waals surface area contributed by atoms with Crippen LogP contribution in [-0.4, -0.2) is 18.1 Å². The van der Waals surface area contributed by atoms with E-state index in [0.717, 1.165) is 28.3 Å². The van der Waals surface area contributed by atoms with E-state index < -0.39 is 0 Å². The molecule has 0 bridgehead atoms. The van der Waals surface area contributed by atoms with Crippen molar-refractivity contribution >= 4 is 17.3 Å². The quantitative estimate of drug-likeness (QED) is 0.889. The Morgan fingerprint density at radius 1 is 1.13 bits per heavy atom. The monoisotopic (exact) mass is 310 g/mol. The Bertz CT molecular complexity index is 708. The first-order valence-electron chi connectivity index (χ1n) is 7.99. The number of amides is 1. The van der Waals surface area contributed by atoms with E-state index in [2.05, 4.69) is 16.7 Å². The number of nitrogens with one attached hydrogen (secondary N) is 2. The molecule has 0 aliphatic carbocycles. The van der Waals surface area contributed by atoms with Crippen LogP contribution < -0.4 is 15.4 Å². The molecule has 2 N–H and O–H groups in total. The molecule has 4 nitrogen and oxygen atoms in total. The largest absolute Gasteiger partial charge is 0.491 e. The van der Waals surface area contributed by atoms with Crippen LogP contribution in [0.15, 0.2) is 42.5 Å². The average molecular weight is 310 g/mol. The summed E-state index contributed by atoms with van der Waals surface area (Å²) in [6.07, 6.45) is 0.626. The maximum atomic E-state index is 11.9. The lowest BCUT2D eigenvalue weighted by Gasteiger charge is -2.17. The summed E-state index contributed by atoms with van der Waals surface area (Å²) in [6, 6.07) is 14.1. The summed E-state index contributed by atoms with van der Waals surface area (Å²) >= 11 is 0. The van der Waals surface area contributed by atoms with Crippen LogP contribution >= 0.6 is 0 Å². The molecular formula is C19H22N2O2. The molecule has 2 aromatic carbocycles. The van der Waals surface area contributed by atoms with Crippen LogP contribution in [0, 0.1) is 0 Å². The van der Waals surface area contributed by atoms with Crippen LogP contribution in [0.1, 0.15) is 27.2 Å². The van der Waals surface area contributed by atoms with Crippen molar-refractivity contribution in [2.45, 2.75) is 39.3 Å². The maximum absolute atomic E-state index is 11.9. The lowest BCUT2D eigenvalue weighted by Crippen LogP contribution is -2.19. The van der Waals surface area contributed by atoms with Crippen LogP contribution in [0.2, 0.25) is 0 Å². The highest BCUT2D eigenvalue weighted by Gasteiger charge is 2.20. The van der Waals surface area contributed by atoms with Gasteiger partial charge in [0.05, 0.1) is 17.5 Å². The Balaban J connectivity index is 1.97. The van der Waals surface area contributed by atoms with Crippen molar-refractivity contribution < 1.29 is 9.53 Å². The van der Waals surface area contributed by atoms with Crippen molar-refractivity contribution in [1.29, 1.82) is 0 Å². The maximum Gasteiger partial charge on any atom is 0.226 e. The summed E-state index contributed by atoms with van der Waals surface area (Å²) in [7, 11) is 0. The van der Waals surface area contributed by atoms with Gasteiger partial charge in [-0.1, -0.05) is 24.3 Å². The number of carbonyl (C=O) groups excluding carboxylic acids is 1. The van der Waals surface area contributed by atoms with E-state index in [1.165, 1.54) is 0 Å². The molecule has 1 atom stereocenters. The number of ether oxygens (including phenoxy) is 1. The van der Waals surface area contributed by atoms with E-state index >= 15 is 0 Å². The fraction of sp³-hybridized carbons (Fsp3) is 0.316. The number of carbonyl (C=O) groups is 1. The van der Waals surface area contributed by atoms with Crippen LogP contribution in [0.4, 0.5) is 11.4 Å². The second-order valence-corrected chi connectivity index (χ2v) is 6.22. The van der Waals surface area contributed by atoms with E-state index in [0.29, 0.717) is 6.42 Å². The highest BCUT2D eigenvalue weighted by Crippen LogP contribution is 2.37. The molecule has 0 radical (unpaired) electrons. The molecular weight excluding hydrogens is 288 g/mol. The fourth-order valence-corrected chi connectivity index (χ4v) is 2.81. The third kappa shape index (κ3) is 3.47. The third-order valence-corrected chi connectivity index (χ3v) is 3.76. The Hall–Kier alpha value is -2.49. The first kappa shape index (κ1) is 15.4. The number of fused-ring (bicyclic) bond motifs is 1. The van der Waals surface area contributed by atoms with Gasteiger partial charge >= 0.3 is 0 Å². The van der Waals surface area contributed by atoms with E-state index in [1.54, 1.807) is 0 Å². The summed E-state index contributed by atoms with van der Waals surface area (Å²) in [4.78, 5) is 11.9. The van der Waals surface area contributed by atoms with Crippen LogP contribution in [0.25, 0.3) is 11.1 Å². The van der Waals surface area contributed by atoms with Gasteiger partial charge in [-0.05, 0) is 44.5 Å². The molecule has 0 spiro atoms. The fourth-order valence-electron chi connectivity index (χ4n) is 2.81. The van der Waals surface area contributed by atoms with Gasteiger partial charge in [-0.25, -0.2) is 0 Å². The summed E-state index contributed by atoms with van der Waals surface area (Å²) in [5.41, 5.74) is 3.98. The van der Waals surface area contributed by atoms with Gasteiger partial charge in [-0.3, -0.25) is 4.79 Å². The Kier molecular flexibility index (Phi) is 4.24. The van der Waals surface area contributed by atoms with Crippen molar-refractivity contribution in [2.24, 2.45) is 0 Å². The number of benzene rings is 2. The molecule has 0 unspecified atom stereocenters. The zero-order valence-electron chi connectivity index (χ0n) is 13.7. The van der Waals surface area contributed by atoms with Crippen molar-refractivity contribution in [3.63, 3.8) is 0 Å². The molecule has 1 aliphatic heterocycles. The van der Waals surface area contributed by atoms with E-state index in [9.17, 15) is 4.79 Å². The third-order valence-electron chi connectivity index (χ3n) is 3.76. The van der Waals surface area contributed by atoms with Crippen molar-refractivity contribution in [1.82, 2.24) is 0 Å². The molecule has 4 heteroatoms. The average Bonchev–Trinajstić information content (AvgIpc) is 2.63. The Labute approximate surface area is 136 Å². The molecule has 2 aromatic rings. The minimum absolute atomic E-state index is 0.0431. The molecule has 120 valence electrons. The first-order chi connectivity index (χ1) is 11.0. The topological polar surface area (TPSA) is 50.4 Å². The highest BCUT2D eigenvalue weighted by atomic mass is 16.5. The molecule has 0 saturated heterocycles. The normalized spacial score (nSPS) is 17.0. The van der Waals surface area contributed by atoms with E-state index in [4.69, 9.17) is 4.74 Å². The van der Waals surface area contributed by atoms with Crippen molar-refractivity contribution in [3.05, 3.63) is 42.5 Å². The van der Waals surface area contributed by atoms with Gasteiger partial charge in [-0.15, -0.1) is 0 Å². The van der Waals surface area contributed by atoms with Gasteiger partial charge in [0.2, 0.25) is 5.91 Å². The summed E-state index contributed by atoms with van der Waals surface area (Å²) in [5, 5.41) is 6.43. The molecule has 1 aliphatic rings. The van der Waals surface area contributed by atoms with Gasteiger partial charge < -0.3 is 15.4 Å². The molecule has 1 heterocycles. The standard InChI is InChI=1S/C19H22N2O2/c1-12(2)23-15-9-7-14(8-10-15)16-5-4-6-17-19(16)20-13(3)11-18(22)21-17/h4-10,12-13,20H,11H2,1-3H3,(H,21,22)/t13-/m1/s1. The summed E-state index contributed by atoms with van der Waals surface area (Å²) in [6.45, 7) is 6.04. The molecule has 0 fully saturated rings. The zero-order valence-corrected chi connectivity index (χ0v) is 13.7. The second-order valence-electron chi connectivity index (χ2n) is 6.22. The Morgan fingerprint density at radius 2 is 1.87 bits per heavy atom. The molecule has 3 rings (SSSR count). The second kappa shape index (κ2) is 6.32. The van der Waals surface area contributed by atoms with Crippen molar-refractivity contribution in [2.75, 3.05) is 10.6 Å². The first-order valence-corrected chi connectivity index (χ1v) is 7.99. The van der Waals surface area contributed by atoms with Crippen molar-refractivity contribution in [3.8, 4) is 16.9 Å².